The molecular formula is C16H19NO5. The average Bonchev–Trinajstić information content (AvgIpc) is 2.84. The van der Waals surface area contributed by atoms with E-state index in [-0.39, 0.29) is 17.9 Å². The fraction of sp³-hybridized carbons (Fsp3) is 0.500. The number of fused-ring (bicyclic) bond motifs is 1. The molecule has 3 rings (SSSR count). The van der Waals surface area contributed by atoms with Gasteiger partial charge in [-0.3, -0.25) is 9.59 Å². The summed E-state index contributed by atoms with van der Waals surface area (Å²) in [5.41, 5.74) is 0.503. The van der Waals surface area contributed by atoms with Crippen molar-refractivity contribution in [3.8, 4) is 11.5 Å². The fourth-order valence-electron chi connectivity index (χ4n) is 2.91. The highest BCUT2D eigenvalue weighted by Crippen LogP contribution is 2.31. The Morgan fingerprint density at radius 1 is 1.14 bits per heavy atom. The van der Waals surface area contributed by atoms with Gasteiger partial charge in [-0.1, -0.05) is 0 Å². The number of hydrogen-bond acceptors (Lipinski definition) is 4. The minimum absolute atomic E-state index is 0.0791. The number of benzene rings is 1. The maximum Gasteiger partial charge on any atom is 0.306 e. The molecule has 6 heteroatoms. The maximum absolute atomic E-state index is 12.3. The molecule has 1 saturated carbocycles. The van der Waals surface area contributed by atoms with Crippen molar-refractivity contribution in [2.75, 3.05) is 13.2 Å². The van der Waals surface area contributed by atoms with Crippen LogP contribution in [-0.4, -0.2) is 36.2 Å². The Morgan fingerprint density at radius 3 is 2.64 bits per heavy atom. The van der Waals surface area contributed by atoms with E-state index in [0.717, 1.165) is 6.42 Å². The lowest BCUT2D eigenvalue weighted by molar-refractivity contribution is -0.141. The van der Waals surface area contributed by atoms with E-state index in [2.05, 4.69) is 5.32 Å². The van der Waals surface area contributed by atoms with E-state index >= 15 is 0 Å². The number of aliphatic carboxylic acids is 1. The number of carbonyl (C=O) groups is 2. The van der Waals surface area contributed by atoms with E-state index in [1.165, 1.54) is 0 Å². The molecule has 1 fully saturated rings. The first kappa shape index (κ1) is 14.7. The maximum atomic E-state index is 12.3. The number of ether oxygens (including phenoxy) is 2. The Labute approximate surface area is 128 Å². The Balaban J connectivity index is 1.65. The van der Waals surface area contributed by atoms with Crippen LogP contribution in [-0.2, 0) is 4.79 Å². The van der Waals surface area contributed by atoms with Crippen LogP contribution in [0.15, 0.2) is 18.2 Å². The molecule has 0 saturated heterocycles. The molecule has 1 aromatic carbocycles. The van der Waals surface area contributed by atoms with Crippen molar-refractivity contribution in [2.24, 2.45) is 5.92 Å². The fourth-order valence-corrected chi connectivity index (χ4v) is 2.91. The minimum Gasteiger partial charge on any atom is -0.490 e. The second-order valence-electron chi connectivity index (χ2n) is 5.73. The Morgan fingerprint density at radius 2 is 1.91 bits per heavy atom. The third-order valence-corrected chi connectivity index (χ3v) is 4.13. The second kappa shape index (κ2) is 6.25. The summed E-state index contributed by atoms with van der Waals surface area (Å²) in [7, 11) is 0. The van der Waals surface area contributed by atoms with E-state index in [1.54, 1.807) is 18.2 Å². The molecule has 0 spiro atoms. The molecule has 0 radical (unpaired) electrons. The zero-order valence-corrected chi connectivity index (χ0v) is 12.2. The Hall–Kier alpha value is -2.24. The zero-order chi connectivity index (χ0) is 15.5. The summed E-state index contributed by atoms with van der Waals surface area (Å²) in [6, 6.07) is 5.04. The molecule has 2 aliphatic rings. The van der Waals surface area contributed by atoms with E-state index in [4.69, 9.17) is 14.6 Å². The van der Waals surface area contributed by atoms with Crippen molar-refractivity contribution in [3.63, 3.8) is 0 Å². The van der Waals surface area contributed by atoms with E-state index in [9.17, 15) is 9.59 Å². The van der Waals surface area contributed by atoms with Crippen molar-refractivity contribution in [3.05, 3.63) is 23.8 Å². The Bertz CT molecular complexity index is 586. The molecule has 2 atom stereocenters. The van der Waals surface area contributed by atoms with Crippen LogP contribution in [0.25, 0.3) is 0 Å². The number of nitrogens with one attached hydrogen (secondary N) is 1. The molecule has 0 aromatic heterocycles. The third kappa shape index (κ3) is 3.16. The summed E-state index contributed by atoms with van der Waals surface area (Å²) in [6.45, 7) is 1.18. The normalized spacial score (nSPS) is 23.6. The summed E-state index contributed by atoms with van der Waals surface area (Å²) in [5.74, 6) is -0.103. The number of amides is 1. The molecule has 0 bridgehead atoms. The number of hydrogen-bond donors (Lipinski definition) is 2. The highest BCUT2D eigenvalue weighted by molar-refractivity contribution is 5.95. The molecule has 1 amide bonds. The van der Waals surface area contributed by atoms with Crippen molar-refractivity contribution in [1.29, 1.82) is 0 Å². The summed E-state index contributed by atoms with van der Waals surface area (Å²) < 4.78 is 11.1. The molecule has 0 unspecified atom stereocenters. The molecular weight excluding hydrogens is 286 g/mol. The van der Waals surface area contributed by atoms with Crippen molar-refractivity contribution < 1.29 is 24.2 Å². The number of carboxylic acids is 1. The van der Waals surface area contributed by atoms with Gasteiger partial charge in [0.25, 0.3) is 5.91 Å². The van der Waals surface area contributed by atoms with Crippen LogP contribution in [0, 0.1) is 5.92 Å². The van der Waals surface area contributed by atoms with Gasteiger partial charge in [0.1, 0.15) is 0 Å². The van der Waals surface area contributed by atoms with Crippen molar-refractivity contribution >= 4 is 11.9 Å². The molecule has 1 aromatic rings. The van der Waals surface area contributed by atoms with Crippen LogP contribution in [0.1, 0.15) is 36.0 Å². The number of carboxylic acid groups (broad SMARTS) is 1. The van der Waals surface area contributed by atoms with Crippen LogP contribution in [0.4, 0.5) is 0 Å². The molecule has 22 heavy (non-hydrogen) atoms. The summed E-state index contributed by atoms with van der Waals surface area (Å²) >= 11 is 0. The predicted octanol–water partition coefficient (Wildman–Crippen LogP) is 1.83. The number of rotatable bonds is 3. The topological polar surface area (TPSA) is 84.9 Å². The lowest BCUT2D eigenvalue weighted by atomic mass is 10.1. The van der Waals surface area contributed by atoms with Gasteiger partial charge in [-0.05, 0) is 37.5 Å². The van der Waals surface area contributed by atoms with E-state index in [0.29, 0.717) is 49.5 Å². The summed E-state index contributed by atoms with van der Waals surface area (Å²) in [4.78, 5) is 23.2. The van der Waals surface area contributed by atoms with Crippen molar-refractivity contribution in [2.45, 2.75) is 31.7 Å². The highest BCUT2D eigenvalue weighted by atomic mass is 16.5. The first-order chi connectivity index (χ1) is 10.6. The summed E-state index contributed by atoms with van der Waals surface area (Å²) in [6.07, 6.45) is 2.62. The molecule has 1 aliphatic carbocycles. The average molecular weight is 305 g/mol. The van der Waals surface area contributed by atoms with Gasteiger partial charge in [-0.15, -0.1) is 0 Å². The quantitative estimate of drug-likeness (QED) is 0.890. The molecule has 1 aliphatic heterocycles. The molecule has 6 nitrogen and oxygen atoms in total. The van der Waals surface area contributed by atoms with E-state index in [1.807, 2.05) is 0 Å². The second-order valence-corrected chi connectivity index (χ2v) is 5.73. The minimum atomic E-state index is -0.785. The van der Waals surface area contributed by atoms with Gasteiger partial charge in [0, 0.05) is 18.0 Å². The van der Waals surface area contributed by atoms with Crippen LogP contribution in [0.5, 0.6) is 11.5 Å². The highest BCUT2D eigenvalue weighted by Gasteiger charge is 2.30. The van der Waals surface area contributed by atoms with Gasteiger partial charge in [-0.25, -0.2) is 0 Å². The van der Waals surface area contributed by atoms with Gasteiger partial charge in [0.05, 0.1) is 19.1 Å². The van der Waals surface area contributed by atoms with Crippen molar-refractivity contribution in [1.82, 2.24) is 5.32 Å². The van der Waals surface area contributed by atoms with Gasteiger partial charge in [0.15, 0.2) is 11.5 Å². The largest absolute Gasteiger partial charge is 0.490 e. The lowest BCUT2D eigenvalue weighted by Crippen LogP contribution is -2.33. The molecule has 2 N–H and O–H groups in total. The number of carbonyl (C=O) groups excluding carboxylic acids is 1. The lowest BCUT2D eigenvalue weighted by Gasteiger charge is -2.14. The SMILES string of the molecule is O=C(N[C@@H]1CC[C@H](C(=O)O)C1)c1ccc2c(c1)OCCCO2. The Kier molecular flexibility index (Phi) is 4.18. The zero-order valence-electron chi connectivity index (χ0n) is 12.2. The first-order valence-electron chi connectivity index (χ1n) is 7.57. The van der Waals surface area contributed by atoms with Crippen LogP contribution in [0.3, 0.4) is 0 Å². The van der Waals surface area contributed by atoms with Crippen LogP contribution < -0.4 is 14.8 Å². The third-order valence-electron chi connectivity index (χ3n) is 4.13. The molecule has 1 heterocycles. The monoisotopic (exact) mass is 305 g/mol. The van der Waals surface area contributed by atoms with Crippen LogP contribution in [0.2, 0.25) is 0 Å². The van der Waals surface area contributed by atoms with Crippen LogP contribution >= 0.6 is 0 Å². The molecule has 118 valence electrons. The standard InChI is InChI=1S/C16H19NO5/c18-15(17-12-4-2-11(8-12)16(19)20)10-3-5-13-14(9-10)22-7-1-6-21-13/h3,5,9,11-12H,1-2,4,6-8H2,(H,17,18)(H,19,20)/t11-,12+/m0/s1. The van der Waals surface area contributed by atoms with Gasteiger partial charge in [-0.2, -0.15) is 0 Å². The van der Waals surface area contributed by atoms with Gasteiger partial charge >= 0.3 is 5.97 Å². The predicted molar refractivity (Wildman–Crippen MR) is 78.3 cm³/mol. The first-order valence-corrected chi connectivity index (χ1v) is 7.57. The smallest absolute Gasteiger partial charge is 0.306 e. The van der Waals surface area contributed by atoms with E-state index < -0.39 is 5.97 Å². The summed E-state index contributed by atoms with van der Waals surface area (Å²) in [5, 5.41) is 11.9. The van der Waals surface area contributed by atoms with Gasteiger partial charge in [0.2, 0.25) is 0 Å². The van der Waals surface area contributed by atoms with Gasteiger partial charge < -0.3 is 19.9 Å².